The van der Waals surface area contributed by atoms with Gasteiger partial charge in [-0.15, -0.1) is 0 Å². The highest BCUT2D eigenvalue weighted by atomic mass is 16.5. The number of aromatic hydroxyl groups is 1. The van der Waals surface area contributed by atoms with Crippen LogP contribution in [-0.2, 0) is 9.53 Å². The number of carbonyl (C=O) groups excluding carboxylic acids is 3. The van der Waals surface area contributed by atoms with Gasteiger partial charge in [0.1, 0.15) is 17.6 Å². The Morgan fingerprint density at radius 2 is 2.00 bits per heavy atom. The van der Waals surface area contributed by atoms with Crippen molar-refractivity contribution in [3.63, 3.8) is 0 Å². The van der Waals surface area contributed by atoms with E-state index in [4.69, 9.17) is 4.74 Å². The summed E-state index contributed by atoms with van der Waals surface area (Å²) in [5, 5.41) is 9.57. The molecule has 0 fully saturated rings. The number of ether oxygens (including phenoxy) is 1. The van der Waals surface area contributed by atoms with E-state index in [1.165, 1.54) is 18.2 Å². The van der Waals surface area contributed by atoms with Crippen LogP contribution in [0, 0.1) is 0 Å². The Bertz CT molecular complexity index is 872. The normalized spacial score (nSPS) is 22.4. The number of carbonyl (C=O) groups is 3. The second kappa shape index (κ2) is 6.16. The topological polar surface area (TPSA) is 80.7 Å². The highest BCUT2D eigenvalue weighted by molar-refractivity contribution is 6.27. The molecule has 1 heterocycles. The largest absolute Gasteiger partial charge is 0.508 e. The predicted molar refractivity (Wildman–Crippen MR) is 91.5 cm³/mol. The zero-order valence-corrected chi connectivity index (χ0v) is 14.0. The molecule has 5 heteroatoms. The summed E-state index contributed by atoms with van der Waals surface area (Å²) < 4.78 is 5.91. The first-order valence-electron chi connectivity index (χ1n) is 8.01. The number of fused-ring (bicyclic) bond motifs is 1. The lowest BCUT2D eigenvalue weighted by atomic mass is 9.84. The van der Waals surface area contributed by atoms with Crippen molar-refractivity contribution in [2.75, 3.05) is 0 Å². The lowest BCUT2D eigenvalue weighted by Gasteiger charge is -2.34. The van der Waals surface area contributed by atoms with E-state index in [0.717, 1.165) is 6.29 Å². The van der Waals surface area contributed by atoms with Crippen molar-refractivity contribution in [1.29, 1.82) is 0 Å². The molecule has 1 unspecified atom stereocenters. The maximum atomic E-state index is 12.7. The number of benzene rings is 1. The molecule has 2 aliphatic rings. The van der Waals surface area contributed by atoms with Gasteiger partial charge in [0, 0.05) is 11.1 Å². The fraction of sp³-hybridized carbons (Fsp3) is 0.250. The SMILES string of the molecule is C/C(C=O)=C/CCC1(C)C=CC2=C(O1)C(=O)c1ccc(O)cc1C2=O. The molecule has 0 saturated carbocycles. The van der Waals surface area contributed by atoms with Crippen molar-refractivity contribution >= 4 is 17.9 Å². The summed E-state index contributed by atoms with van der Waals surface area (Å²) in [7, 11) is 0. The van der Waals surface area contributed by atoms with Gasteiger partial charge in [-0.1, -0.05) is 6.08 Å². The van der Waals surface area contributed by atoms with Crippen LogP contribution in [0.15, 0.2) is 53.3 Å². The fourth-order valence-corrected chi connectivity index (χ4v) is 2.96. The van der Waals surface area contributed by atoms with Crippen molar-refractivity contribution in [2.45, 2.75) is 32.3 Å². The molecule has 0 spiro atoms. The van der Waals surface area contributed by atoms with Crippen LogP contribution in [0.2, 0.25) is 0 Å². The van der Waals surface area contributed by atoms with Gasteiger partial charge in [-0.3, -0.25) is 14.4 Å². The highest BCUT2D eigenvalue weighted by Crippen LogP contribution is 2.37. The van der Waals surface area contributed by atoms with Gasteiger partial charge in [0.2, 0.25) is 5.78 Å². The molecular formula is C20H18O5. The van der Waals surface area contributed by atoms with Gasteiger partial charge >= 0.3 is 0 Å². The predicted octanol–water partition coefficient (Wildman–Crippen LogP) is 3.30. The molecular weight excluding hydrogens is 320 g/mol. The molecule has 0 amide bonds. The number of rotatable bonds is 4. The number of phenolic OH excluding ortho intramolecular Hbond substituents is 1. The zero-order valence-electron chi connectivity index (χ0n) is 14.0. The second-order valence-electron chi connectivity index (χ2n) is 6.48. The summed E-state index contributed by atoms with van der Waals surface area (Å²) in [6.07, 6.45) is 7.15. The number of phenols is 1. The summed E-state index contributed by atoms with van der Waals surface area (Å²) in [5.41, 5.74) is 0.533. The van der Waals surface area contributed by atoms with Crippen molar-refractivity contribution < 1.29 is 24.2 Å². The van der Waals surface area contributed by atoms with E-state index in [2.05, 4.69) is 0 Å². The minimum absolute atomic E-state index is 0.0456. The first kappa shape index (κ1) is 16.9. The summed E-state index contributed by atoms with van der Waals surface area (Å²) >= 11 is 0. The molecule has 1 aliphatic heterocycles. The number of ketones is 2. The van der Waals surface area contributed by atoms with Crippen molar-refractivity contribution in [2.24, 2.45) is 0 Å². The summed E-state index contributed by atoms with van der Waals surface area (Å²) in [6, 6.07) is 4.11. The Morgan fingerprint density at radius 3 is 2.72 bits per heavy atom. The molecule has 0 bridgehead atoms. The minimum Gasteiger partial charge on any atom is -0.508 e. The smallest absolute Gasteiger partial charge is 0.229 e. The Balaban J connectivity index is 1.88. The lowest BCUT2D eigenvalue weighted by Crippen LogP contribution is -2.34. The molecule has 1 aromatic rings. The van der Waals surface area contributed by atoms with Gasteiger partial charge in [-0.05, 0) is 62.6 Å². The minimum atomic E-state index is -0.733. The highest BCUT2D eigenvalue weighted by Gasteiger charge is 2.39. The zero-order chi connectivity index (χ0) is 18.2. The summed E-state index contributed by atoms with van der Waals surface area (Å²) in [6.45, 7) is 3.56. The average molecular weight is 338 g/mol. The molecule has 0 aromatic heterocycles. The van der Waals surface area contributed by atoms with Crippen LogP contribution in [0.3, 0.4) is 0 Å². The van der Waals surface area contributed by atoms with E-state index in [-0.39, 0.29) is 39.8 Å². The third-order valence-corrected chi connectivity index (χ3v) is 4.42. The molecule has 1 atom stereocenters. The molecule has 0 saturated heterocycles. The second-order valence-corrected chi connectivity index (χ2v) is 6.48. The van der Waals surface area contributed by atoms with E-state index < -0.39 is 5.60 Å². The van der Waals surface area contributed by atoms with Crippen LogP contribution < -0.4 is 0 Å². The molecule has 0 radical (unpaired) electrons. The first-order chi connectivity index (χ1) is 11.8. The van der Waals surface area contributed by atoms with Crippen molar-refractivity contribution in [1.82, 2.24) is 0 Å². The van der Waals surface area contributed by atoms with Gasteiger partial charge < -0.3 is 9.84 Å². The van der Waals surface area contributed by atoms with Crippen molar-refractivity contribution in [3.05, 3.63) is 64.5 Å². The monoisotopic (exact) mass is 338 g/mol. The number of hydrogen-bond donors (Lipinski definition) is 1. The van der Waals surface area contributed by atoms with Crippen LogP contribution >= 0.6 is 0 Å². The molecule has 5 nitrogen and oxygen atoms in total. The fourth-order valence-electron chi connectivity index (χ4n) is 2.96. The van der Waals surface area contributed by atoms with Crippen LogP contribution in [0.1, 0.15) is 47.4 Å². The van der Waals surface area contributed by atoms with E-state index in [9.17, 15) is 19.5 Å². The van der Waals surface area contributed by atoms with E-state index in [1.807, 2.05) is 13.0 Å². The van der Waals surface area contributed by atoms with Crippen LogP contribution in [0.25, 0.3) is 0 Å². The van der Waals surface area contributed by atoms with E-state index in [0.29, 0.717) is 18.4 Å². The third-order valence-electron chi connectivity index (χ3n) is 4.42. The van der Waals surface area contributed by atoms with Gasteiger partial charge in [0.05, 0.1) is 5.57 Å². The summed E-state index contributed by atoms with van der Waals surface area (Å²) in [4.78, 5) is 36.0. The number of hydrogen-bond acceptors (Lipinski definition) is 5. The van der Waals surface area contributed by atoms with Gasteiger partial charge in [0.15, 0.2) is 11.5 Å². The molecule has 1 aliphatic carbocycles. The molecule has 3 rings (SSSR count). The number of aldehydes is 1. The first-order valence-corrected chi connectivity index (χ1v) is 8.01. The quantitative estimate of drug-likeness (QED) is 0.673. The van der Waals surface area contributed by atoms with Gasteiger partial charge in [-0.2, -0.15) is 0 Å². The summed E-state index contributed by atoms with van der Waals surface area (Å²) in [5.74, 6) is -0.716. The van der Waals surface area contributed by atoms with Crippen LogP contribution in [0.5, 0.6) is 5.75 Å². The van der Waals surface area contributed by atoms with Crippen LogP contribution in [-0.4, -0.2) is 28.6 Å². The lowest BCUT2D eigenvalue weighted by molar-refractivity contribution is -0.104. The maximum absolute atomic E-state index is 12.7. The molecule has 25 heavy (non-hydrogen) atoms. The van der Waals surface area contributed by atoms with E-state index >= 15 is 0 Å². The average Bonchev–Trinajstić information content (AvgIpc) is 2.59. The molecule has 128 valence electrons. The Labute approximate surface area is 145 Å². The Hall–Kier alpha value is -2.95. The van der Waals surface area contributed by atoms with Crippen LogP contribution in [0.4, 0.5) is 0 Å². The van der Waals surface area contributed by atoms with Gasteiger partial charge in [-0.25, -0.2) is 0 Å². The van der Waals surface area contributed by atoms with E-state index in [1.54, 1.807) is 19.1 Å². The Morgan fingerprint density at radius 1 is 1.24 bits per heavy atom. The maximum Gasteiger partial charge on any atom is 0.229 e. The van der Waals surface area contributed by atoms with Crippen molar-refractivity contribution in [3.8, 4) is 5.75 Å². The standard InChI is InChI=1S/C20H18O5/c1-12(11-21)4-3-8-20(2)9-7-15-17(23)16-10-13(22)5-6-14(16)18(24)19(15)25-20/h4-7,9-11,22H,3,8H2,1-2H3/b12-4-. The third kappa shape index (κ3) is 3.05. The van der Waals surface area contributed by atoms with Gasteiger partial charge in [0.25, 0.3) is 0 Å². The number of allylic oxidation sites excluding steroid dienone is 5. The molecule has 1 aromatic carbocycles. The Kier molecular flexibility index (Phi) is 4.17. The molecule has 1 N–H and O–H groups in total. The number of Topliss-reactive ketones (excluding diaryl/α,β-unsaturated/α-hetero) is 2.